The Morgan fingerprint density at radius 1 is 1.16 bits per heavy atom. The second-order valence-corrected chi connectivity index (χ2v) is 9.86. The van der Waals surface area contributed by atoms with E-state index < -0.39 is 0 Å². The number of piperazine rings is 1. The summed E-state index contributed by atoms with van der Waals surface area (Å²) < 4.78 is 7.37. The molecule has 0 N–H and O–H groups in total. The third-order valence-electron chi connectivity index (χ3n) is 5.93. The molecule has 4 heterocycles. The van der Waals surface area contributed by atoms with E-state index in [1.165, 1.54) is 22.2 Å². The van der Waals surface area contributed by atoms with Crippen molar-refractivity contribution in [1.29, 1.82) is 0 Å². The molecule has 0 bridgehead atoms. The molecular formula is C22H24N6O2S2. The van der Waals surface area contributed by atoms with Gasteiger partial charge in [-0.3, -0.25) is 9.20 Å². The second-order valence-electron chi connectivity index (χ2n) is 7.71. The smallest absolute Gasteiger partial charge is 0.233 e. The number of hydrogen-bond acceptors (Lipinski definition) is 8. The first-order valence-electron chi connectivity index (χ1n) is 10.4. The molecule has 10 heteroatoms. The van der Waals surface area contributed by atoms with E-state index in [4.69, 9.17) is 4.74 Å². The molecule has 166 valence electrons. The lowest BCUT2D eigenvalue weighted by Gasteiger charge is -2.36. The lowest BCUT2D eigenvalue weighted by atomic mass is 10.2. The maximum Gasteiger partial charge on any atom is 0.233 e. The summed E-state index contributed by atoms with van der Waals surface area (Å²) in [6, 6.07) is 8.00. The largest absolute Gasteiger partial charge is 0.495 e. The Hall–Kier alpha value is -2.85. The van der Waals surface area contributed by atoms with Crippen molar-refractivity contribution in [2.75, 3.05) is 43.9 Å². The molecule has 0 spiro atoms. The van der Waals surface area contributed by atoms with Gasteiger partial charge >= 0.3 is 0 Å². The lowest BCUT2D eigenvalue weighted by molar-refractivity contribution is -0.128. The van der Waals surface area contributed by atoms with E-state index in [0.29, 0.717) is 24.0 Å². The van der Waals surface area contributed by atoms with Crippen LogP contribution in [0.25, 0.3) is 15.9 Å². The Morgan fingerprint density at radius 3 is 2.72 bits per heavy atom. The number of thioether (sulfide) groups is 1. The zero-order valence-corrected chi connectivity index (χ0v) is 19.9. The normalized spacial score (nSPS) is 14.5. The average molecular weight is 469 g/mol. The number of amides is 1. The minimum Gasteiger partial charge on any atom is -0.495 e. The molecule has 3 aromatic heterocycles. The van der Waals surface area contributed by atoms with Gasteiger partial charge in [0.1, 0.15) is 16.9 Å². The highest BCUT2D eigenvalue weighted by Gasteiger charge is 2.23. The molecule has 32 heavy (non-hydrogen) atoms. The number of aryl methyl sites for hydroxylation is 2. The van der Waals surface area contributed by atoms with E-state index in [0.717, 1.165) is 40.4 Å². The van der Waals surface area contributed by atoms with Crippen LogP contribution >= 0.6 is 23.1 Å². The van der Waals surface area contributed by atoms with E-state index in [-0.39, 0.29) is 5.91 Å². The first kappa shape index (κ1) is 21.0. The molecular weight excluding hydrogens is 444 g/mol. The number of benzene rings is 1. The van der Waals surface area contributed by atoms with E-state index in [1.54, 1.807) is 24.8 Å². The molecule has 0 unspecified atom stereocenters. The number of para-hydroxylation sites is 2. The number of fused-ring (bicyclic) bond motifs is 3. The van der Waals surface area contributed by atoms with Crippen LogP contribution in [0.2, 0.25) is 0 Å². The zero-order chi connectivity index (χ0) is 22.2. The van der Waals surface area contributed by atoms with E-state index in [2.05, 4.69) is 40.0 Å². The standard InChI is InChI=1S/C22H24N6O2S2/c1-14-15(2)32-21-19(14)20-24-25-22(28(20)13-23-21)31-12-18(29)27-10-8-26(9-11-27)16-6-4-5-7-17(16)30-3/h4-7,13H,8-12H2,1-3H3. The molecule has 0 atom stereocenters. The predicted molar refractivity (Wildman–Crippen MR) is 128 cm³/mol. The van der Waals surface area contributed by atoms with Crippen LogP contribution in [0.15, 0.2) is 35.7 Å². The van der Waals surface area contributed by atoms with Gasteiger partial charge in [-0.15, -0.1) is 21.5 Å². The minimum absolute atomic E-state index is 0.114. The van der Waals surface area contributed by atoms with Gasteiger partial charge in [0, 0.05) is 31.1 Å². The molecule has 1 fully saturated rings. The highest BCUT2D eigenvalue weighted by atomic mass is 32.2. The number of rotatable bonds is 5. The first-order valence-corrected chi connectivity index (χ1v) is 12.2. The number of nitrogens with zero attached hydrogens (tertiary/aromatic N) is 6. The quantitative estimate of drug-likeness (QED) is 0.416. The number of carbonyl (C=O) groups excluding carboxylic acids is 1. The summed E-state index contributed by atoms with van der Waals surface area (Å²) in [5.74, 6) is 1.30. The molecule has 0 aliphatic carbocycles. The van der Waals surface area contributed by atoms with Crippen LogP contribution in [0.1, 0.15) is 10.4 Å². The van der Waals surface area contributed by atoms with Crippen molar-refractivity contribution in [3.63, 3.8) is 0 Å². The number of carbonyl (C=O) groups is 1. The van der Waals surface area contributed by atoms with Gasteiger partial charge in [-0.1, -0.05) is 23.9 Å². The number of ether oxygens (including phenoxy) is 1. The van der Waals surface area contributed by atoms with Crippen molar-refractivity contribution in [3.8, 4) is 5.75 Å². The van der Waals surface area contributed by atoms with Crippen LogP contribution in [0.5, 0.6) is 5.75 Å². The lowest BCUT2D eigenvalue weighted by Crippen LogP contribution is -2.49. The Balaban J connectivity index is 1.24. The van der Waals surface area contributed by atoms with Crippen molar-refractivity contribution in [2.45, 2.75) is 19.0 Å². The highest BCUT2D eigenvalue weighted by Crippen LogP contribution is 2.32. The van der Waals surface area contributed by atoms with Crippen molar-refractivity contribution in [1.82, 2.24) is 24.5 Å². The summed E-state index contributed by atoms with van der Waals surface area (Å²) in [5.41, 5.74) is 3.07. The predicted octanol–water partition coefficient (Wildman–Crippen LogP) is 3.41. The fraction of sp³-hybridized carbons (Fsp3) is 0.364. The highest BCUT2D eigenvalue weighted by molar-refractivity contribution is 7.99. The summed E-state index contributed by atoms with van der Waals surface area (Å²) in [6.45, 7) is 7.12. The summed E-state index contributed by atoms with van der Waals surface area (Å²) in [6.07, 6.45) is 1.76. The molecule has 1 amide bonds. The van der Waals surface area contributed by atoms with Gasteiger partial charge in [-0.25, -0.2) is 4.98 Å². The van der Waals surface area contributed by atoms with Gasteiger partial charge in [-0.05, 0) is 31.5 Å². The van der Waals surface area contributed by atoms with Crippen molar-refractivity contribution >= 4 is 50.6 Å². The van der Waals surface area contributed by atoms with E-state index in [9.17, 15) is 4.79 Å². The summed E-state index contributed by atoms with van der Waals surface area (Å²) in [4.78, 5) is 23.8. The molecule has 4 aromatic rings. The second kappa shape index (κ2) is 8.59. The van der Waals surface area contributed by atoms with Crippen LogP contribution in [0, 0.1) is 13.8 Å². The van der Waals surface area contributed by atoms with Gasteiger partial charge in [0.15, 0.2) is 10.8 Å². The van der Waals surface area contributed by atoms with Gasteiger partial charge in [0.25, 0.3) is 0 Å². The third-order valence-corrected chi connectivity index (χ3v) is 7.97. The number of hydrogen-bond donors (Lipinski definition) is 0. The maximum absolute atomic E-state index is 12.9. The van der Waals surface area contributed by atoms with Gasteiger partial charge in [-0.2, -0.15) is 0 Å². The molecule has 1 aromatic carbocycles. The fourth-order valence-electron chi connectivity index (χ4n) is 4.03. The molecule has 5 rings (SSSR count). The maximum atomic E-state index is 12.9. The molecule has 1 aliphatic heterocycles. The monoisotopic (exact) mass is 468 g/mol. The fourth-order valence-corrected chi connectivity index (χ4v) is 5.83. The van der Waals surface area contributed by atoms with Crippen LogP contribution in [0.4, 0.5) is 5.69 Å². The number of anilines is 1. The van der Waals surface area contributed by atoms with Crippen LogP contribution in [-0.2, 0) is 4.79 Å². The molecule has 1 saturated heterocycles. The Kier molecular flexibility index (Phi) is 5.64. The topological polar surface area (TPSA) is 75.9 Å². The Morgan fingerprint density at radius 2 is 1.94 bits per heavy atom. The van der Waals surface area contributed by atoms with E-state index >= 15 is 0 Å². The van der Waals surface area contributed by atoms with Crippen LogP contribution in [0.3, 0.4) is 0 Å². The minimum atomic E-state index is 0.114. The van der Waals surface area contributed by atoms with Crippen LogP contribution < -0.4 is 9.64 Å². The third kappa shape index (κ3) is 3.67. The number of aromatic nitrogens is 4. The molecule has 0 saturated carbocycles. The average Bonchev–Trinajstić information content (AvgIpc) is 3.37. The van der Waals surface area contributed by atoms with Crippen molar-refractivity contribution in [2.24, 2.45) is 0 Å². The van der Waals surface area contributed by atoms with Gasteiger partial charge in [0.05, 0.1) is 23.9 Å². The number of methoxy groups -OCH3 is 1. The van der Waals surface area contributed by atoms with E-state index in [1.807, 2.05) is 27.5 Å². The van der Waals surface area contributed by atoms with Crippen molar-refractivity contribution in [3.05, 3.63) is 41.0 Å². The first-order chi connectivity index (χ1) is 15.6. The zero-order valence-electron chi connectivity index (χ0n) is 18.2. The van der Waals surface area contributed by atoms with Crippen molar-refractivity contribution < 1.29 is 9.53 Å². The summed E-state index contributed by atoms with van der Waals surface area (Å²) in [7, 11) is 1.69. The number of thiophene rings is 1. The SMILES string of the molecule is COc1ccccc1N1CCN(C(=O)CSc2nnc3c4c(C)c(C)sc4ncn23)CC1. The molecule has 0 radical (unpaired) electrons. The molecule has 8 nitrogen and oxygen atoms in total. The summed E-state index contributed by atoms with van der Waals surface area (Å²) in [5, 5.41) is 10.5. The Labute approximate surface area is 194 Å². The Bertz CT molecular complexity index is 1290. The summed E-state index contributed by atoms with van der Waals surface area (Å²) >= 11 is 3.08. The van der Waals surface area contributed by atoms with Crippen LogP contribution in [-0.4, -0.2) is 69.4 Å². The molecule has 1 aliphatic rings. The van der Waals surface area contributed by atoms with Gasteiger partial charge in [0.2, 0.25) is 5.91 Å². The van der Waals surface area contributed by atoms with Gasteiger partial charge < -0.3 is 14.5 Å².